The van der Waals surface area contributed by atoms with E-state index in [1.165, 1.54) is 77.2 Å². The van der Waals surface area contributed by atoms with Crippen LogP contribution in [0.15, 0.2) is 127 Å². The van der Waals surface area contributed by atoms with Gasteiger partial charge in [0.2, 0.25) is 0 Å². The summed E-state index contributed by atoms with van der Waals surface area (Å²) in [6.07, 6.45) is 8.67. The van der Waals surface area contributed by atoms with Gasteiger partial charge >= 0.3 is 0 Å². The highest BCUT2D eigenvalue weighted by Crippen LogP contribution is 2.53. The maximum absolute atomic E-state index is 2.49. The van der Waals surface area contributed by atoms with Gasteiger partial charge in [0.25, 0.3) is 0 Å². The summed E-state index contributed by atoms with van der Waals surface area (Å²) in [6, 6.07) is 38.8. The number of hydrogen-bond acceptors (Lipinski definition) is 1. The maximum Gasteiger partial charge on any atom is 0.0494 e. The molecule has 2 aliphatic rings. The van der Waals surface area contributed by atoms with E-state index in [0.29, 0.717) is 0 Å². The zero-order valence-corrected chi connectivity index (χ0v) is 23.9. The van der Waals surface area contributed by atoms with Crippen LogP contribution in [0.5, 0.6) is 0 Å². The third-order valence-corrected chi connectivity index (χ3v) is 9.40. The molecule has 1 aliphatic carbocycles. The summed E-state index contributed by atoms with van der Waals surface area (Å²) in [5, 5.41) is 8.00. The molecule has 8 rings (SSSR count). The van der Waals surface area contributed by atoms with Crippen molar-refractivity contribution in [1.29, 1.82) is 0 Å². The first-order chi connectivity index (χ1) is 20.1. The largest absolute Gasteiger partial charge is 0.314 e. The van der Waals surface area contributed by atoms with Gasteiger partial charge in [0.05, 0.1) is 0 Å². The molecule has 6 aromatic rings. The van der Waals surface area contributed by atoms with E-state index in [-0.39, 0.29) is 5.41 Å². The zero-order chi connectivity index (χ0) is 27.7. The molecule has 0 aromatic heterocycles. The monoisotopic (exact) mass is 527 g/mol. The van der Waals surface area contributed by atoms with E-state index in [1.807, 2.05) is 0 Å². The number of fused-ring (bicyclic) bond motifs is 10. The topological polar surface area (TPSA) is 3.24 Å². The fourth-order valence-electron chi connectivity index (χ4n) is 7.39. The lowest BCUT2D eigenvalue weighted by atomic mass is 9.81. The van der Waals surface area contributed by atoms with Crippen LogP contribution in [0.25, 0.3) is 43.4 Å². The van der Waals surface area contributed by atoms with Crippen LogP contribution >= 0.6 is 0 Å². The molecule has 1 heterocycles. The molecule has 0 saturated heterocycles. The molecular weight excluding hydrogens is 494 g/mol. The van der Waals surface area contributed by atoms with E-state index in [1.54, 1.807) is 0 Å². The van der Waals surface area contributed by atoms with Gasteiger partial charge in [0.15, 0.2) is 0 Å². The van der Waals surface area contributed by atoms with E-state index in [9.17, 15) is 0 Å². The van der Waals surface area contributed by atoms with Crippen LogP contribution in [0, 0.1) is 0 Å². The van der Waals surface area contributed by atoms with Crippen molar-refractivity contribution in [2.45, 2.75) is 39.0 Å². The number of hydrogen-bond donors (Lipinski definition) is 0. The van der Waals surface area contributed by atoms with Crippen LogP contribution in [0.2, 0.25) is 0 Å². The molecule has 198 valence electrons. The summed E-state index contributed by atoms with van der Waals surface area (Å²) in [4.78, 5) is 2.48. The first-order valence-electron chi connectivity index (χ1n) is 14.8. The number of anilines is 2. The average molecular weight is 528 g/mol. The minimum absolute atomic E-state index is 0.0718. The van der Waals surface area contributed by atoms with Gasteiger partial charge in [0, 0.05) is 28.9 Å². The molecular formula is C40H33N. The predicted octanol–water partition coefficient (Wildman–Crippen LogP) is 11.0. The molecule has 6 aromatic carbocycles. The van der Waals surface area contributed by atoms with E-state index in [2.05, 4.69) is 147 Å². The highest BCUT2D eigenvalue weighted by Gasteiger charge is 2.37. The van der Waals surface area contributed by atoms with Gasteiger partial charge in [-0.2, -0.15) is 0 Å². The maximum atomic E-state index is 2.49. The highest BCUT2D eigenvalue weighted by molar-refractivity contribution is 6.26. The second-order valence-electron chi connectivity index (χ2n) is 12.0. The summed E-state index contributed by atoms with van der Waals surface area (Å²) in [7, 11) is 0. The van der Waals surface area contributed by atoms with Crippen LogP contribution in [0.1, 0.15) is 43.9 Å². The van der Waals surface area contributed by atoms with Gasteiger partial charge in [-0.25, -0.2) is 0 Å². The average Bonchev–Trinajstić information content (AvgIpc) is 3.48. The molecule has 1 nitrogen and oxygen atoms in total. The molecule has 0 spiro atoms. The van der Waals surface area contributed by atoms with Crippen LogP contribution in [-0.4, -0.2) is 0 Å². The SMILES string of the molecule is C/C=C\C/C=C1\Cc2ccccc2N1c1ccc2c(c1)-c1cc3c4ccccc4c4ccccc4c3cc1C2(C)C. The van der Waals surface area contributed by atoms with Crippen LogP contribution in [0.3, 0.4) is 0 Å². The Balaban J connectivity index is 1.37. The summed E-state index contributed by atoms with van der Waals surface area (Å²) in [5.41, 5.74) is 10.8. The Morgan fingerprint density at radius 3 is 1.98 bits per heavy atom. The Kier molecular flexibility index (Phi) is 5.28. The van der Waals surface area contributed by atoms with Crippen molar-refractivity contribution < 1.29 is 0 Å². The molecule has 0 fully saturated rings. The molecule has 0 radical (unpaired) electrons. The van der Waals surface area contributed by atoms with Gasteiger partial charge in [-0.05, 0) is 104 Å². The summed E-state index contributed by atoms with van der Waals surface area (Å²) in [6.45, 7) is 6.87. The number of benzene rings is 6. The second kappa shape index (κ2) is 8.94. The summed E-state index contributed by atoms with van der Waals surface area (Å²) in [5.74, 6) is 0. The van der Waals surface area contributed by atoms with E-state index < -0.39 is 0 Å². The van der Waals surface area contributed by atoms with E-state index in [4.69, 9.17) is 0 Å². The van der Waals surface area contributed by atoms with Crippen molar-refractivity contribution in [3.8, 4) is 11.1 Å². The van der Waals surface area contributed by atoms with Crippen molar-refractivity contribution in [3.63, 3.8) is 0 Å². The third kappa shape index (κ3) is 3.48. The fourth-order valence-corrected chi connectivity index (χ4v) is 7.39. The number of nitrogens with zero attached hydrogens (tertiary/aromatic N) is 1. The molecule has 41 heavy (non-hydrogen) atoms. The number of allylic oxidation sites excluding steroid dienone is 4. The summed E-state index contributed by atoms with van der Waals surface area (Å²) < 4.78 is 0. The number of rotatable bonds is 3. The van der Waals surface area contributed by atoms with Crippen LogP contribution in [-0.2, 0) is 11.8 Å². The molecule has 0 amide bonds. The Morgan fingerprint density at radius 2 is 1.27 bits per heavy atom. The quantitative estimate of drug-likeness (QED) is 0.163. The number of para-hydroxylation sites is 1. The first-order valence-corrected chi connectivity index (χ1v) is 14.8. The van der Waals surface area contributed by atoms with Crippen molar-refractivity contribution in [2.24, 2.45) is 0 Å². The van der Waals surface area contributed by atoms with Crippen molar-refractivity contribution >= 4 is 43.7 Å². The smallest absolute Gasteiger partial charge is 0.0494 e. The van der Waals surface area contributed by atoms with Crippen LogP contribution in [0.4, 0.5) is 11.4 Å². The highest BCUT2D eigenvalue weighted by atomic mass is 15.2. The van der Waals surface area contributed by atoms with Crippen molar-refractivity contribution in [1.82, 2.24) is 0 Å². The fraction of sp³-hybridized carbons (Fsp3) is 0.150. The lowest BCUT2D eigenvalue weighted by Crippen LogP contribution is -2.16. The Labute approximate surface area is 242 Å². The standard InChI is InChI=1S/C40H33N/c1-4-5-6-14-27-22-26-13-7-12-19-39(26)41(27)28-20-21-37-35(23-28)36-24-33-31-17-10-8-15-29(31)30-16-9-11-18-32(30)34(33)25-38(36)40(37,2)3/h4-5,7-21,23-25H,6,22H2,1-3H3/b5-4-,27-14+. The van der Waals surface area contributed by atoms with Gasteiger partial charge in [-0.15, -0.1) is 0 Å². The van der Waals surface area contributed by atoms with Gasteiger partial charge in [0.1, 0.15) is 0 Å². The Hall–Kier alpha value is -4.62. The lowest BCUT2D eigenvalue weighted by Gasteiger charge is -2.25. The van der Waals surface area contributed by atoms with Gasteiger partial charge in [-0.1, -0.05) is 105 Å². The summed E-state index contributed by atoms with van der Waals surface area (Å²) >= 11 is 0. The normalized spacial score (nSPS) is 16.3. The van der Waals surface area contributed by atoms with Gasteiger partial charge in [-0.3, -0.25) is 0 Å². The minimum Gasteiger partial charge on any atom is -0.314 e. The second-order valence-corrected chi connectivity index (χ2v) is 12.0. The predicted molar refractivity (Wildman–Crippen MR) is 176 cm³/mol. The lowest BCUT2D eigenvalue weighted by molar-refractivity contribution is 0.661. The molecule has 0 unspecified atom stereocenters. The third-order valence-electron chi connectivity index (χ3n) is 9.40. The molecule has 0 saturated carbocycles. The molecule has 0 bridgehead atoms. The minimum atomic E-state index is -0.0718. The molecule has 0 N–H and O–H groups in total. The van der Waals surface area contributed by atoms with Crippen molar-refractivity contribution in [2.75, 3.05) is 4.90 Å². The van der Waals surface area contributed by atoms with Crippen LogP contribution < -0.4 is 4.90 Å². The Bertz CT molecular complexity index is 2090. The zero-order valence-electron chi connectivity index (χ0n) is 23.9. The van der Waals surface area contributed by atoms with Gasteiger partial charge < -0.3 is 4.90 Å². The molecule has 1 aliphatic heterocycles. The first kappa shape index (κ1) is 24.2. The van der Waals surface area contributed by atoms with E-state index in [0.717, 1.165) is 12.8 Å². The Morgan fingerprint density at radius 1 is 0.659 bits per heavy atom. The molecule has 0 atom stereocenters. The van der Waals surface area contributed by atoms with Crippen molar-refractivity contribution in [3.05, 3.63) is 144 Å². The molecule has 1 heteroatoms. The van der Waals surface area contributed by atoms with E-state index >= 15 is 0 Å².